The van der Waals surface area contributed by atoms with Crippen molar-refractivity contribution in [3.63, 3.8) is 0 Å². The van der Waals surface area contributed by atoms with E-state index in [-0.39, 0.29) is 17.8 Å². The van der Waals surface area contributed by atoms with Crippen molar-refractivity contribution in [3.8, 4) is 0 Å². The first-order valence-corrected chi connectivity index (χ1v) is 3.35. The van der Waals surface area contributed by atoms with E-state index in [1.54, 1.807) is 0 Å². The Morgan fingerprint density at radius 3 is 2.92 bits per heavy atom. The largest absolute Gasteiger partial charge is 0.508 e. The summed E-state index contributed by atoms with van der Waals surface area (Å²) in [6.07, 6.45) is 2.12. The van der Waals surface area contributed by atoms with Crippen LogP contribution in [0.3, 0.4) is 0 Å². The fraction of sp³-hybridized carbons (Fsp3) is 0.167. The maximum atomic E-state index is 10.1. The van der Waals surface area contributed by atoms with Crippen LogP contribution in [0.5, 0.6) is 0 Å². The Balaban J connectivity index is 2.87. The van der Waals surface area contributed by atoms with Gasteiger partial charge >= 0.3 is 7.12 Å². The number of nitrogens with zero attached hydrogens (tertiary/aromatic N) is 2. The summed E-state index contributed by atoms with van der Waals surface area (Å²) < 4.78 is 0. The molecule has 12 heavy (non-hydrogen) atoms. The average molecular weight is 166 g/mol. The van der Waals surface area contributed by atoms with Gasteiger partial charge in [-0.15, -0.1) is 0 Å². The van der Waals surface area contributed by atoms with E-state index >= 15 is 0 Å². The van der Waals surface area contributed by atoms with Gasteiger partial charge in [-0.2, -0.15) is 0 Å². The number of rotatable bonds is 3. The molecule has 0 unspecified atom stereocenters. The molecule has 0 atom stereocenters. The van der Waals surface area contributed by atoms with Crippen LogP contribution in [-0.4, -0.2) is 33.4 Å². The summed E-state index contributed by atoms with van der Waals surface area (Å²) in [5.74, 6) is 0.288. The average Bonchev–Trinajstić information content (AvgIpc) is 2.05. The van der Waals surface area contributed by atoms with Crippen molar-refractivity contribution in [1.29, 1.82) is 0 Å². The van der Waals surface area contributed by atoms with Crippen molar-refractivity contribution in [3.05, 3.63) is 18.1 Å². The first-order chi connectivity index (χ1) is 5.74. The van der Waals surface area contributed by atoms with Crippen LogP contribution in [-0.2, 0) is 11.2 Å². The molecule has 1 aromatic rings. The molecular weight excluding hydrogens is 159 g/mol. The first-order valence-electron chi connectivity index (χ1n) is 3.35. The normalized spacial score (nSPS) is 9.50. The van der Waals surface area contributed by atoms with E-state index in [1.165, 1.54) is 12.3 Å². The van der Waals surface area contributed by atoms with E-state index in [0.29, 0.717) is 6.29 Å². The van der Waals surface area contributed by atoms with Crippen molar-refractivity contribution in [1.82, 2.24) is 9.97 Å². The Labute approximate surface area is 69.2 Å². The number of aromatic nitrogens is 2. The first kappa shape index (κ1) is 8.83. The van der Waals surface area contributed by atoms with Gasteiger partial charge in [0.1, 0.15) is 12.1 Å². The maximum absolute atomic E-state index is 10.1. The van der Waals surface area contributed by atoms with Crippen LogP contribution in [0.25, 0.3) is 0 Å². The van der Waals surface area contributed by atoms with Gasteiger partial charge in [0, 0.05) is 6.20 Å². The smallest absolute Gasteiger partial charge is 0.422 e. The summed E-state index contributed by atoms with van der Waals surface area (Å²) in [4.78, 5) is 17.5. The molecule has 0 amide bonds. The maximum Gasteiger partial charge on any atom is 0.508 e. The Bertz CT molecular complexity index is 279. The lowest BCUT2D eigenvalue weighted by Gasteiger charge is -1.98. The minimum Gasteiger partial charge on any atom is -0.422 e. The molecule has 62 valence electrons. The standard InChI is InChI=1S/C6H7BN2O3/c10-4-2-6-8-3-1-5(9-6)7(11)12/h1,3-4,11-12H,2H2. The lowest BCUT2D eigenvalue weighted by molar-refractivity contribution is -0.107. The van der Waals surface area contributed by atoms with Gasteiger partial charge in [0.2, 0.25) is 0 Å². The quantitative estimate of drug-likeness (QED) is 0.396. The fourth-order valence-electron chi connectivity index (χ4n) is 0.732. The van der Waals surface area contributed by atoms with Gasteiger partial charge in [-0.25, -0.2) is 9.97 Å². The summed E-state index contributed by atoms with van der Waals surface area (Å²) in [6, 6.07) is 1.37. The van der Waals surface area contributed by atoms with Crippen LogP contribution in [0.1, 0.15) is 5.82 Å². The second kappa shape index (κ2) is 3.94. The second-order valence-electron chi connectivity index (χ2n) is 2.14. The third kappa shape index (κ3) is 2.11. The molecule has 0 aliphatic carbocycles. The number of carbonyl (C=O) groups is 1. The molecule has 0 saturated heterocycles. The third-order valence-corrected chi connectivity index (χ3v) is 1.26. The van der Waals surface area contributed by atoms with Gasteiger partial charge in [0.25, 0.3) is 0 Å². The number of aldehydes is 1. The van der Waals surface area contributed by atoms with E-state index in [4.69, 9.17) is 10.0 Å². The van der Waals surface area contributed by atoms with E-state index in [1.807, 2.05) is 0 Å². The van der Waals surface area contributed by atoms with Gasteiger partial charge in [-0.05, 0) is 6.07 Å². The molecule has 1 aromatic heterocycles. The highest BCUT2D eigenvalue weighted by atomic mass is 16.4. The molecule has 1 heterocycles. The fourth-order valence-corrected chi connectivity index (χ4v) is 0.732. The summed E-state index contributed by atoms with van der Waals surface area (Å²) in [6.45, 7) is 0. The molecule has 0 aliphatic heterocycles. The summed E-state index contributed by atoms with van der Waals surface area (Å²) in [5.41, 5.74) is 0.0989. The van der Waals surface area contributed by atoms with Crippen molar-refractivity contribution in [2.75, 3.05) is 0 Å². The predicted octanol–water partition coefficient (Wildman–Crippen LogP) is -2.10. The molecule has 0 radical (unpaired) electrons. The van der Waals surface area contributed by atoms with Crippen molar-refractivity contribution >= 4 is 19.0 Å². The van der Waals surface area contributed by atoms with Gasteiger partial charge in [-0.1, -0.05) is 0 Å². The lowest BCUT2D eigenvalue weighted by atomic mass is 9.86. The number of hydrogen-bond donors (Lipinski definition) is 2. The highest BCUT2D eigenvalue weighted by Crippen LogP contribution is 1.85. The Morgan fingerprint density at radius 2 is 2.33 bits per heavy atom. The van der Waals surface area contributed by atoms with Crippen LogP contribution >= 0.6 is 0 Å². The van der Waals surface area contributed by atoms with Crippen molar-refractivity contribution in [2.45, 2.75) is 6.42 Å². The molecule has 2 N–H and O–H groups in total. The summed E-state index contributed by atoms with van der Waals surface area (Å²) in [7, 11) is -1.61. The molecule has 0 fully saturated rings. The SMILES string of the molecule is O=CCc1nccc(B(O)O)n1. The Morgan fingerprint density at radius 1 is 1.58 bits per heavy atom. The van der Waals surface area contributed by atoms with Crippen molar-refractivity contribution in [2.24, 2.45) is 0 Å². The molecule has 0 spiro atoms. The zero-order valence-corrected chi connectivity index (χ0v) is 6.21. The minimum absolute atomic E-state index is 0.0839. The highest BCUT2D eigenvalue weighted by Gasteiger charge is 2.12. The summed E-state index contributed by atoms with van der Waals surface area (Å²) >= 11 is 0. The molecule has 0 saturated carbocycles. The van der Waals surface area contributed by atoms with Crippen LogP contribution in [0.4, 0.5) is 0 Å². The molecular formula is C6H7BN2O3. The Hall–Kier alpha value is -1.27. The Kier molecular flexibility index (Phi) is 2.90. The lowest BCUT2D eigenvalue weighted by Crippen LogP contribution is -2.33. The molecule has 5 nitrogen and oxygen atoms in total. The zero-order chi connectivity index (χ0) is 8.97. The van der Waals surface area contributed by atoms with Crippen molar-refractivity contribution < 1.29 is 14.8 Å². The minimum atomic E-state index is -1.61. The van der Waals surface area contributed by atoms with Gasteiger partial charge in [0.15, 0.2) is 0 Å². The highest BCUT2D eigenvalue weighted by molar-refractivity contribution is 6.57. The number of hydrogen-bond acceptors (Lipinski definition) is 5. The van der Waals surface area contributed by atoms with Gasteiger partial charge < -0.3 is 14.8 Å². The van der Waals surface area contributed by atoms with E-state index < -0.39 is 7.12 Å². The van der Waals surface area contributed by atoms with Crippen LogP contribution in [0.15, 0.2) is 12.3 Å². The van der Waals surface area contributed by atoms with Crippen LogP contribution < -0.4 is 5.59 Å². The van der Waals surface area contributed by atoms with E-state index in [2.05, 4.69) is 9.97 Å². The monoisotopic (exact) mass is 166 g/mol. The molecule has 1 rings (SSSR count). The summed E-state index contributed by atoms with van der Waals surface area (Å²) in [5, 5.41) is 17.4. The molecule has 0 aromatic carbocycles. The van der Waals surface area contributed by atoms with E-state index in [9.17, 15) is 4.79 Å². The van der Waals surface area contributed by atoms with Crippen LogP contribution in [0.2, 0.25) is 0 Å². The molecule has 6 heteroatoms. The number of carbonyl (C=O) groups excluding carboxylic acids is 1. The third-order valence-electron chi connectivity index (χ3n) is 1.26. The second-order valence-corrected chi connectivity index (χ2v) is 2.14. The topological polar surface area (TPSA) is 83.3 Å². The van der Waals surface area contributed by atoms with E-state index in [0.717, 1.165) is 0 Å². The van der Waals surface area contributed by atoms with Crippen LogP contribution in [0, 0.1) is 0 Å². The van der Waals surface area contributed by atoms with Gasteiger partial charge in [0.05, 0.1) is 12.0 Å². The zero-order valence-electron chi connectivity index (χ0n) is 6.21. The molecule has 0 bridgehead atoms. The predicted molar refractivity (Wildman–Crippen MR) is 41.6 cm³/mol. The molecule has 0 aliphatic rings. The van der Waals surface area contributed by atoms with Gasteiger partial charge in [-0.3, -0.25) is 0 Å².